The highest BCUT2D eigenvalue weighted by molar-refractivity contribution is 6.33. The second kappa shape index (κ2) is 5.59. The van der Waals surface area contributed by atoms with Gasteiger partial charge in [0.15, 0.2) is 5.82 Å². The van der Waals surface area contributed by atoms with Gasteiger partial charge < -0.3 is 10.1 Å². The molecule has 2 heterocycles. The highest BCUT2D eigenvalue weighted by Crippen LogP contribution is 2.25. The molecule has 6 heteroatoms. The number of aromatic amines is 1. The molecule has 100 valence electrons. The molecule has 1 saturated heterocycles. The predicted octanol–water partition coefficient (Wildman–Crippen LogP) is 2.72. The van der Waals surface area contributed by atoms with Crippen molar-refractivity contribution in [2.24, 2.45) is 0 Å². The van der Waals surface area contributed by atoms with Gasteiger partial charge in [-0.05, 0) is 25.0 Å². The first-order valence-corrected chi connectivity index (χ1v) is 6.72. The zero-order valence-electron chi connectivity index (χ0n) is 10.4. The minimum atomic E-state index is 0.378. The van der Waals surface area contributed by atoms with Crippen LogP contribution in [0.4, 0.5) is 5.95 Å². The molecule has 1 fully saturated rings. The molecule has 0 amide bonds. The minimum absolute atomic E-state index is 0.378. The predicted molar refractivity (Wildman–Crippen MR) is 74.3 cm³/mol. The van der Waals surface area contributed by atoms with Crippen LogP contribution in [0.25, 0.3) is 11.4 Å². The Kier molecular flexibility index (Phi) is 3.66. The van der Waals surface area contributed by atoms with Crippen molar-refractivity contribution < 1.29 is 4.74 Å². The van der Waals surface area contributed by atoms with E-state index in [1.54, 1.807) is 0 Å². The quantitative estimate of drug-likeness (QED) is 0.906. The third kappa shape index (κ3) is 2.88. The van der Waals surface area contributed by atoms with Crippen LogP contribution in [0.15, 0.2) is 24.3 Å². The summed E-state index contributed by atoms with van der Waals surface area (Å²) in [7, 11) is 0. The summed E-state index contributed by atoms with van der Waals surface area (Å²) in [5.74, 6) is 1.29. The average molecular weight is 279 g/mol. The summed E-state index contributed by atoms with van der Waals surface area (Å²) in [4.78, 5) is 4.43. The molecule has 5 nitrogen and oxygen atoms in total. The normalized spacial score (nSPS) is 16.5. The van der Waals surface area contributed by atoms with Crippen molar-refractivity contribution in [1.82, 2.24) is 15.2 Å². The Hall–Kier alpha value is -1.59. The summed E-state index contributed by atoms with van der Waals surface area (Å²) in [5.41, 5.74) is 0.858. The van der Waals surface area contributed by atoms with E-state index in [1.165, 1.54) is 0 Å². The lowest BCUT2D eigenvalue weighted by Gasteiger charge is -2.22. The molecule has 0 unspecified atom stereocenters. The van der Waals surface area contributed by atoms with Crippen molar-refractivity contribution >= 4 is 17.5 Å². The molecule has 0 saturated carbocycles. The van der Waals surface area contributed by atoms with Gasteiger partial charge in [0.25, 0.3) is 0 Å². The van der Waals surface area contributed by atoms with Crippen molar-refractivity contribution in [3.05, 3.63) is 29.3 Å². The number of benzene rings is 1. The lowest BCUT2D eigenvalue weighted by atomic mass is 10.1. The Morgan fingerprint density at radius 1 is 1.26 bits per heavy atom. The molecule has 1 aliphatic heterocycles. The Bertz CT molecular complexity index is 551. The first kappa shape index (κ1) is 12.4. The second-order valence-electron chi connectivity index (χ2n) is 4.52. The Labute approximate surface area is 116 Å². The van der Waals surface area contributed by atoms with E-state index >= 15 is 0 Å². The molecular weight excluding hydrogens is 264 g/mol. The van der Waals surface area contributed by atoms with Crippen LogP contribution in [0.2, 0.25) is 5.02 Å². The summed E-state index contributed by atoms with van der Waals surface area (Å²) in [6.07, 6.45) is 1.96. The molecule has 2 aromatic rings. The van der Waals surface area contributed by atoms with E-state index in [9.17, 15) is 0 Å². The van der Waals surface area contributed by atoms with Gasteiger partial charge in [-0.3, -0.25) is 5.10 Å². The van der Waals surface area contributed by atoms with Gasteiger partial charge in [-0.1, -0.05) is 23.7 Å². The zero-order chi connectivity index (χ0) is 13.1. The monoisotopic (exact) mass is 278 g/mol. The van der Waals surface area contributed by atoms with E-state index in [2.05, 4.69) is 20.5 Å². The van der Waals surface area contributed by atoms with Gasteiger partial charge in [0, 0.05) is 24.8 Å². The standard InChI is InChI=1S/C13H15ClN4O/c14-11-4-2-1-3-10(11)12-16-13(18-17-12)15-9-5-7-19-8-6-9/h1-4,9H,5-8H2,(H2,15,16,17,18). The van der Waals surface area contributed by atoms with Crippen LogP contribution in [0.3, 0.4) is 0 Å². The van der Waals surface area contributed by atoms with E-state index in [-0.39, 0.29) is 0 Å². The average Bonchev–Trinajstić information content (AvgIpc) is 2.89. The van der Waals surface area contributed by atoms with Crippen molar-refractivity contribution in [1.29, 1.82) is 0 Å². The van der Waals surface area contributed by atoms with Gasteiger partial charge in [-0.25, -0.2) is 0 Å². The SMILES string of the molecule is Clc1ccccc1-c1nc(NC2CCOCC2)n[nH]1. The summed E-state index contributed by atoms with van der Waals surface area (Å²) in [5, 5.41) is 11.1. The molecule has 1 aromatic heterocycles. The van der Waals surface area contributed by atoms with Crippen molar-refractivity contribution in [2.75, 3.05) is 18.5 Å². The van der Waals surface area contributed by atoms with Crippen LogP contribution in [0.5, 0.6) is 0 Å². The van der Waals surface area contributed by atoms with Gasteiger partial charge in [0.2, 0.25) is 5.95 Å². The van der Waals surface area contributed by atoms with Crippen LogP contribution < -0.4 is 5.32 Å². The highest BCUT2D eigenvalue weighted by Gasteiger charge is 2.16. The fourth-order valence-corrected chi connectivity index (χ4v) is 2.35. The van der Waals surface area contributed by atoms with Gasteiger partial charge in [0.05, 0.1) is 5.02 Å². The second-order valence-corrected chi connectivity index (χ2v) is 4.93. The number of H-pyrrole nitrogens is 1. The molecule has 1 aliphatic rings. The topological polar surface area (TPSA) is 62.8 Å². The maximum absolute atomic E-state index is 6.14. The number of rotatable bonds is 3. The Balaban J connectivity index is 1.74. The van der Waals surface area contributed by atoms with Gasteiger partial charge in [-0.2, -0.15) is 4.98 Å². The van der Waals surface area contributed by atoms with Crippen molar-refractivity contribution in [2.45, 2.75) is 18.9 Å². The van der Waals surface area contributed by atoms with Crippen molar-refractivity contribution in [3.63, 3.8) is 0 Å². The maximum atomic E-state index is 6.14. The van der Waals surface area contributed by atoms with E-state index in [0.29, 0.717) is 22.8 Å². The summed E-state index contributed by atoms with van der Waals surface area (Å²) in [6, 6.07) is 7.95. The number of aromatic nitrogens is 3. The highest BCUT2D eigenvalue weighted by atomic mass is 35.5. The Morgan fingerprint density at radius 3 is 2.84 bits per heavy atom. The van der Waals surface area contributed by atoms with Crippen LogP contribution in [-0.4, -0.2) is 34.4 Å². The fraction of sp³-hybridized carbons (Fsp3) is 0.385. The molecule has 3 rings (SSSR count). The number of anilines is 1. The van der Waals surface area contributed by atoms with E-state index in [1.807, 2.05) is 24.3 Å². The van der Waals surface area contributed by atoms with Crippen LogP contribution in [0, 0.1) is 0 Å². The number of halogens is 1. The fourth-order valence-electron chi connectivity index (χ4n) is 2.12. The van der Waals surface area contributed by atoms with Gasteiger partial charge in [0.1, 0.15) is 0 Å². The molecule has 19 heavy (non-hydrogen) atoms. The number of ether oxygens (including phenoxy) is 1. The number of hydrogen-bond acceptors (Lipinski definition) is 4. The summed E-state index contributed by atoms with van der Waals surface area (Å²) >= 11 is 6.14. The molecule has 0 bridgehead atoms. The smallest absolute Gasteiger partial charge is 0.242 e. The summed E-state index contributed by atoms with van der Waals surface area (Å²) < 4.78 is 5.32. The molecule has 1 aromatic carbocycles. The molecule has 0 aliphatic carbocycles. The first-order valence-electron chi connectivity index (χ1n) is 6.34. The molecule has 0 spiro atoms. The first-order chi connectivity index (χ1) is 9.33. The van der Waals surface area contributed by atoms with Gasteiger partial charge in [-0.15, -0.1) is 5.10 Å². The molecule has 0 atom stereocenters. The van der Waals surface area contributed by atoms with E-state index in [4.69, 9.17) is 16.3 Å². The lowest BCUT2D eigenvalue weighted by molar-refractivity contribution is 0.0903. The van der Waals surface area contributed by atoms with Crippen LogP contribution >= 0.6 is 11.6 Å². The van der Waals surface area contributed by atoms with Gasteiger partial charge >= 0.3 is 0 Å². The zero-order valence-corrected chi connectivity index (χ0v) is 11.2. The third-order valence-corrected chi connectivity index (χ3v) is 3.50. The minimum Gasteiger partial charge on any atom is -0.381 e. The third-order valence-electron chi connectivity index (χ3n) is 3.17. The van der Waals surface area contributed by atoms with E-state index in [0.717, 1.165) is 31.6 Å². The van der Waals surface area contributed by atoms with E-state index < -0.39 is 0 Å². The Morgan fingerprint density at radius 2 is 2.05 bits per heavy atom. The molecule has 0 radical (unpaired) electrons. The van der Waals surface area contributed by atoms with Crippen molar-refractivity contribution in [3.8, 4) is 11.4 Å². The number of hydrogen-bond donors (Lipinski definition) is 2. The summed E-state index contributed by atoms with van der Waals surface area (Å²) in [6.45, 7) is 1.58. The van der Waals surface area contributed by atoms with Crippen LogP contribution in [0.1, 0.15) is 12.8 Å². The number of nitrogens with zero attached hydrogens (tertiary/aromatic N) is 2. The largest absolute Gasteiger partial charge is 0.381 e. The van der Waals surface area contributed by atoms with Crippen LogP contribution in [-0.2, 0) is 4.74 Å². The molecule has 2 N–H and O–H groups in total. The lowest BCUT2D eigenvalue weighted by Crippen LogP contribution is -2.28. The molecular formula is C13H15ClN4O. The number of nitrogens with one attached hydrogen (secondary N) is 2. The maximum Gasteiger partial charge on any atom is 0.242 e.